The third kappa shape index (κ3) is 1.91. The van der Waals surface area contributed by atoms with Crippen LogP contribution in [0.25, 0.3) is 11.1 Å². The second-order valence-corrected chi connectivity index (χ2v) is 3.54. The van der Waals surface area contributed by atoms with Gasteiger partial charge in [0, 0.05) is 31.0 Å². The van der Waals surface area contributed by atoms with Gasteiger partial charge in [0.15, 0.2) is 0 Å². The van der Waals surface area contributed by atoms with Crippen molar-refractivity contribution >= 4 is 5.82 Å². The van der Waals surface area contributed by atoms with Crippen LogP contribution in [0.5, 0.6) is 0 Å². The maximum absolute atomic E-state index is 4.13. The van der Waals surface area contributed by atoms with Crippen LogP contribution >= 0.6 is 0 Å². The number of rotatable bonds is 4. The minimum Gasteiger partial charge on any atom is -0.357 e. The number of hydrogen-bond acceptors (Lipinski definition) is 3. The Morgan fingerprint density at radius 3 is 2.50 bits per heavy atom. The monoisotopic (exact) mass is 216 g/mol. The van der Waals surface area contributed by atoms with Crippen LogP contribution in [0.4, 0.5) is 5.82 Å². The van der Waals surface area contributed by atoms with E-state index in [1.54, 1.807) is 12.4 Å². The number of pyridine rings is 1. The molecule has 4 nitrogen and oxygen atoms in total. The molecule has 2 aromatic heterocycles. The van der Waals surface area contributed by atoms with Crippen molar-refractivity contribution < 1.29 is 0 Å². The Balaban J connectivity index is 2.40. The normalized spacial score (nSPS) is 10.4. The van der Waals surface area contributed by atoms with Crippen molar-refractivity contribution in [3.05, 3.63) is 30.7 Å². The van der Waals surface area contributed by atoms with E-state index in [-0.39, 0.29) is 0 Å². The minimum absolute atomic E-state index is 0.969. The Bertz CT molecular complexity index is 431. The molecule has 1 N–H and O–H groups in total. The summed E-state index contributed by atoms with van der Waals surface area (Å²) >= 11 is 0. The van der Waals surface area contributed by atoms with Gasteiger partial charge in [-0.1, -0.05) is 0 Å². The number of H-pyrrole nitrogens is 1. The summed E-state index contributed by atoms with van der Waals surface area (Å²) in [7, 11) is 0. The van der Waals surface area contributed by atoms with Gasteiger partial charge >= 0.3 is 0 Å². The fraction of sp³-hybridized carbons (Fsp3) is 0.333. The Morgan fingerprint density at radius 1 is 1.19 bits per heavy atom. The van der Waals surface area contributed by atoms with Gasteiger partial charge in [-0.3, -0.25) is 10.1 Å². The van der Waals surface area contributed by atoms with Crippen molar-refractivity contribution in [2.24, 2.45) is 0 Å². The Morgan fingerprint density at radius 2 is 1.88 bits per heavy atom. The van der Waals surface area contributed by atoms with E-state index in [9.17, 15) is 0 Å². The van der Waals surface area contributed by atoms with Gasteiger partial charge in [-0.2, -0.15) is 5.10 Å². The van der Waals surface area contributed by atoms with Crippen molar-refractivity contribution in [3.63, 3.8) is 0 Å². The van der Waals surface area contributed by atoms with E-state index in [0.717, 1.165) is 30.0 Å². The third-order valence-electron chi connectivity index (χ3n) is 2.69. The van der Waals surface area contributed by atoms with Crippen LogP contribution in [0.1, 0.15) is 13.8 Å². The SMILES string of the molecule is CCN(CC)c1[nH]ncc1-c1ccncc1. The van der Waals surface area contributed by atoms with Gasteiger partial charge in [0.1, 0.15) is 5.82 Å². The zero-order chi connectivity index (χ0) is 11.4. The van der Waals surface area contributed by atoms with E-state index in [0.29, 0.717) is 0 Å². The van der Waals surface area contributed by atoms with Gasteiger partial charge in [0.25, 0.3) is 0 Å². The molecule has 4 heteroatoms. The molecule has 0 fully saturated rings. The first kappa shape index (κ1) is 10.7. The van der Waals surface area contributed by atoms with E-state index in [2.05, 4.69) is 33.9 Å². The lowest BCUT2D eigenvalue weighted by Gasteiger charge is -2.20. The number of anilines is 1. The largest absolute Gasteiger partial charge is 0.357 e. The smallest absolute Gasteiger partial charge is 0.132 e. The zero-order valence-electron chi connectivity index (χ0n) is 9.64. The zero-order valence-corrected chi connectivity index (χ0v) is 9.64. The van der Waals surface area contributed by atoms with Crippen LogP contribution in [0, 0.1) is 0 Å². The third-order valence-corrected chi connectivity index (χ3v) is 2.69. The number of nitrogens with one attached hydrogen (secondary N) is 1. The lowest BCUT2D eigenvalue weighted by molar-refractivity contribution is 0.840. The number of aromatic nitrogens is 3. The number of aromatic amines is 1. The highest BCUT2D eigenvalue weighted by Gasteiger charge is 2.11. The molecule has 0 aromatic carbocycles. The van der Waals surface area contributed by atoms with E-state index in [1.807, 2.05) is 18.3 Å². The van der Waals surface area contributed by atoms with Gasteiger partial charge in [0.2, 0.25) is 0 Å². The summed E-state index contributed by atoms with van der Waals surface area (Å²) in [5.74, 6) is 1.08. The second-order valence-electron chi connectivity index (χ2n) is 3.54. The predicted molar refractivity (Wildman–Crippen MR) is 65.4 cm³/mol. The second kappa shape index (κ2) is 4.79. The van der Waals surface area contributed by atoms with Crippen molar-refractivity contribution in [2.45, 2.75) is 13.8 Å². The van der Waals surface area contributed by atoms with Gasteiger partial charge in [0.05, 0.1) is 6.20 Å². The Hall–Kier alpha value is -1.84. The Kier molecular flexibility index (Phi) is 3.19. The van der Waals surface area contributed by atoms with Gasteiger partial charge in [-0.25, -0.2) is 0 Å². The molecule has 0 aliphatic carbocycles. The summed E-state index contributed by atoms with van der Waals surface area (Å²) in [6.07, 6.45) is 5.46. The average Bonchev–Trinajstić information content (AvgIpc) is 2.81. The fourth-order valence-corrected chi connectivity index (χ4v) is 1.80. The summed E-state index contributed by atoms with van der Waals surface area (Å²) in [6, 6.07) is 4.00. The molecule has 0 radical (unpaired) electrons. The molecule has 2 rings (SSSR count). The summed E-state index contributed by atoms with van der Waals surface area (Å²) in [4.78, 5) is 6.28. The molecule has 0 saturated carbocycles. The molecule has 0 spiro atoms. The van der Waals surface area contributed by atoms with Crippen molar-refractivity contribution in [1.29, 1.82) is 0 Å². The molecular formula is C12H16N4. The molecule has 2 aromatic rings. The van der Waals surface area contributed by atoms with Crippen molar-refractivity contribution in [2.75, 3.05) is 18.0 Å². The first-order chi connectivity index (χ1) is 7.86. The van der Waals surface area contributed by atoms with Gasteiger partial charge in [-0.05, 0) is 31.5 Å². The summed E-state index contributed by atoms with van der Waals surface area (Å²) in [5.41, 5.74) is 2.27. The first-order valence-corrected chi connectivity index (χ1v) is 5.55. The Labute approximate surface area is 95.3 Å². The van der Waals surface area contributed by atoms with Crippen LogP contribution in [0.15, 0.2) is 30.7 Å². The standard InChI is InChI=1S/C12H16N4/c1-3-16(4-2)12-11(9-14-15-12)10-5-7-13-8-6-10/h5-9H,3-4H2,1-2H3,(H,14,15). The highest BCUT2D eigenvalue weighted by molar-refractivity contribution is 5.74. The molecule has 0 amide bonds. The molecule has 0 bridgehead atoms. The molecule has 2 heterocycles. The first-order valence-electron chi connectivity index (χ1n) is 5.55. The highest BCUT2D eigenvalue weighted by atomic mass is 15.3. The topological polar surface area (TPSA) is 44.8 Å². The van der Waals surface area contributed by atoms with Crippen LogP contribution in [-0.2, 0) is 0 Å². The minimum atomic E-state index is 0.969. The highest BCUT2D eigenvalue weighted by Crippen LogP contribution is 2.27. The molecule has 84 valence electrons. The number of hydrogen-bond donors (Lipinski definition) is 1. The number of nitrogens with zero attached hydrogens (tertiary/aromatic N) is 3. The quantitative estimate of drug-likeness (QED) is 0.853. The lowest BCUT2D eigenvalue weighted by Crippen LogP contribution is -2.22. The molecule has 0 atom stereocenters. The maximum atomic E-state index is 4.13. The molecule has 0 saturated heterocycles. The summed E-state index contributed by atoms with van der Waals surface area (Å²) in [5, 5.41) is 7.19. The van der Waals surface area contributed by atoms with E-state index in [4.69, 9.17) is 0 Å². The van der Waals surface area contributed by atoms with Crippen LogP contribution in [-0.4, -0.2) is 28.3 Å². The van der Waals surface area contributed by atoms with Crippen LogP contribution in [0.3, 0.4) is 0 Å². The van der Waals surface area contributed by atoms with Gasteiger partial charge in [-0.15, -0.1) is 0 Å². The predicted octanol–water partition coefficient (Wildman–Crippen LogP) is 2.32. The van der Waals surface area contributed by atoms with E-state index in [1.165, 1.54) is 0 Å². The summed E-state index contributed by atoms with van der Waals surface area (Å²) in [6.45, 7) is 6.22. The van der Waals surface area contributed by atoms with Crippen LogP contribution < -0.4 is 4.90 Å². The average molecular weight is 216 g/mol. The van der Waals surface area contributed by atoms with E-state index >= 15 is 0 Å². The fourth-order valence-electron chi connectivity index (χ4n) is 1.80. The van der Waals surface area contributed by atoms with Gasteiger partial charge < -0.3 is 4.90 Å². The molecule has 0 aliphatic rings. The van der Waals surface area contributed by atoms with Crippen LogP contribution in [0.2, 0.25) is 0 Å². The van der Waals surface area contributed by atoms with Crippen molar-refractivity contribution in [3.8, 4) is 11.1 Å². The summed E-state index contributed by atoms with van der Waals surface area (Å²) < 4.78 is 0. The van der Waals surface area contributed by atoms with Crippen molar-refractivity contribution in [1.82, 2.24) is 15.2 Å². The maximum Gasteiger partial charge on any atom is 0.132 e. The molecule has 0 unspecified atom stereocenters. The lowest BCUT2D eigenvalue weighted by atomic mass is 10.1. The molecule has 0 aliphatic heterocycles. The molecule has 16 heavy (non-hydrogen) atoms. The van der Waals surface area contributed by atoms with E-state index < -0.39 is 0 Å². The molecular weight excluding hydrogens is 200 g/mol.